The van der Waals surface area contributed by atoms with Gasteiger partial charge in [-0.1, -0.05) is 24.3 Å². The van der Waals surface area contributed by atoms with Crippen molar-refractivity contribution in [1.29, 1.82) is 0 Å². The van der Waals surface area contributed by atoms with Crippen molar-refractivity contribution in [1.82, 2.24) is 5.32 Å². The molecule has 5 rings (SSSR count). The highest BCUT2D eigenvalue weighted by Crippen LogP contribution is 2.65. The molecule has 1 aliphatic heterocycles. The second-order valence-corrected chi connectivity index (χ2v) is 8.41. The number of Topliss-reactive ketones (excluding diaryl/α,β-unsaturated/α-hetero) is 1. The van der Waals surface area contributed by atoms with Crippen molar-refractivity contribution in [3.8, 4) is 11.5 Å². The number of hydrogen-bond acceptors (Lipinski definition) is 4. The molecule has 1 spiro atoms. The predicted molar refractivity (Wildman–Crippen MR) is 108 cm³/mol. The fourth-order valence-electron chi connectivity index (χ4n) is 5.36. The highest BCUT2D eigenvalue weighted by Gasteiger charge is 2.70. The first-order valence-electron chi connectivity index (χ1n) is 10.3. The van der Waals surface area contributed by atoms with E-state index >= 15 is 0 Å². The second kappa shape index (κ2) is 6.90. The molecule has 5 heteroatoms. The Morgan fingerprint density at radius 1 is 1.21 bits per heavy atom. The average molecular weight is 391 g/mol. The van der Waals surface area contributed by atoms with E-state index in [0.29, 0.717) is 30.2 Å². The van der Waals surface area contributed by atoms with Gasteiger partial charge in [-0.2, -0.15) is 0 Å². The number of benzene rings is 2. The van der Waals surface area contributed by atoms with Crippen molar-refractivity contribution in [2.45, 2.75) is 31.3 Å². The van der Waals surface area contributed by atoms with Crippen molar-refractivity contribution in [2.75, 3.05) is 13.7 Å². The monoisotopic (exact) mass is 391 g/mol. The van der Waals surface area contributed by atoms with Crippen LogP contribution >= 0.6 is 0 Å². The highest BCUT2D eigenvalue weighted by atomic mass is 16.5. The number of methoxy groups -OCH3 is 1. The Kier molecular flexibility index (Phi) is 4.34. The van der Waals surface area contributed by atoms with Crippen LogP contribution in [0.25, 0.3) is 0 Å². The minimum absolute atomic E-state index is 0.0299. The van der Waals surface area contributed by atoms with Crippen LogP contribution in [0, 0.1) is 17.8 Å². The molecule has 2 fully saturated rings. The van der Waals surface area contributed by atoms with Crippen LogP contribution in [0.3, 0.4) is 0 Å². The molecule has 0 bridgehead atoms. The smallest absolute Gasteiger partial charge is 0.223 e. The molecule has 3 aliphatic rings. The summed E-state index contributed by atoms with van der Waals surface area (Å²) in [5.74, 6) is 2.21. The number of ketones is 1. The SMILES string of the molecule is COc1ccc(CCNC(=O)C2C3CCC4(CC(=O)c5ccccc5O4)C32)cc1. The summed E-state index contributed by atoms with van der Waals surface area (Å²) in [6, 6.07) is 15.4. The Bertz CT molecular complexity index is 954. The first-order valence-corrected chi connectivity index (χ1v) is 10.3. The van der Waals surface area contributed by atoms with Crippen LogP contribution in [-0.2, 0) is 11.2 Å². The van der Waals surface area contributed by atoms with Gasteiger partial charge in [0.1, 0.15) is 17.1 Å². The van der Waals surface area contributed by atoms with Crippen molar-refractivity contribution >= 4 is 11.7 Å². The lowest BCUT2D eigenvalue weighted by atomic mass is 9.84. The van der Waals surface area contributed by atoms with Gasteiger partial charge in [-0.05, 0) is 55.0 Å². The molecule has 150 valence electrons. The van der Waals surface area contributed by atoms with Gasteiger partial charge in [0.15, 0.2) is 5.78 Å². The Morgan fingerprint density at radius 3 is 2.79 bits per heavy atom. The zero-order chi connectivity index (χ0) is 20.0. The third-order valence-corrected chi connectivity index (χ3v) is 6.81. The van der Waals surface area contributed by atoms with Crippen LogP contribution in [-0.4, -0.2) is 30.9 Å². The number of hydrogen-bond donors (Lipinski definition) is 1. The molecule has 4 atom stereocenters. The maximum atomic E-state index is 12.8. The number of carbonyl (C=O) groups is 2. The molecule has 1 amide bonds. The van der Waals surface area contributed by atoms with Gasteiger partial charge in [0.2, 0.25) is 5.91 Å². The van der Waals surface area contributed by atoms with E-state index in [1.54, 1.807) is 7.11 Å². The molecule has 5 nitrogen and oxygen atoms in total. The lowest BCUT2D eigenvalue weighted by Gasteiger charge is -2.37. The van der Waals surface area contributed by atoms with Crippen molar-refractivity contribution in [3.05, 3.63) is 59.7 Å². The Morgan fingerprint density at radius 2 is 2.00 bits per heavy atom. The van der Waals surface area contributed by atoms with Gasteiger partial charge < -0.3 is 14.8 Å². The Labute approximate surface area is 170 Å². The van der Waals surface area contributed by atoms with Crippen LogP contribution in [0.5, 0.6) is 11.5 Å². The molecule has 4 unspecified atom stereocenters. The predicted octanol–water partition coefficient (Wildman–Crippen LogP) is 3.41. The standard InChI is InChI=1S/C24H25NO4/c1-28-16-8-6-15(7-9-16)11-13-25-23(27)21-18-10-12-24(22(18)21)14-19(26)17-4-2-3-5-20(17)29-24/h2-9,18,21-22H,10-14H2,1H3,(H,25,27). The number of fused-ring (bicyclic) bond motifs is 3. The molecule has 0 aromatic heterocycles. The van der Waals surface area contributed by atoms with Gasteiger partial charge in [-0.25, -0.2) is 0 Å². The van der Waals surface area contributed by atoms with Crippen LogP contribution in [0.4, 0.5) is 0 Å². The van der Waals surface area contributed by atoms with E-state index in [0.717, 1.165) is 30.6 Å². The zero-order valence-electron chi connectivity index (χ0n) is 16.5. The van der Waals surface area contributed by atoms with Crippen molar-refractivity contribution in [2.24, 2.45) is 17.8 Å². The van der Waals surface area contributed by atoms with Gasteiger partial charge in [0, 0.05) is 18.4 Å². The topological polar surface area (TPSA) is 64.6 Å². The van der Waals surface area contributed by atoms with Crippen LogP contribution in [0.1, 0.15) is 35.2 Å². The quantitative estimate of drug-likeness (QED) is 0.848. The number of rotatable bonds is 5. The van der Waals surface area contributed by atoms with Crippen molar-refractivity contribution < 1.29 is 19.1 Å². The number of carbonyl (C=O) groups excluding carboxylic acids is 2. The van der Waals surface area contributed by atoms with Gasteiger partial charge >= 0.3 is 0 Å². The van der Waals surface area contributed by atoms with E-state index in [-0.39, 0.29) is 23.5 Å². The third-order valence-electron chi connectivity index (χ3n) is 6.81. The summed E-state index contributed by atoms with van der Waals surface area (Å²) in [5, 5.41) is 3.09. The van der Waals surface area contributed by atoms with E-state index < -0.39 is 5.60 Å². The number of ether oxygens (including phenoxy) is 2. The van der Waals surface area contributed by atoms with E-state index in [1.165, 1.54) is 0 Å². The van der Waals surface area contributed by atoms with E-state index in [2.05, 4.69) is 5.32 Å². The summed E-state index contributed by atoms with van der Waals surface area (Å²) >= 11 is 0. The van der Waals surface area contributed by atoms with Gasteiger partial charge in [0.25, 0.3) is 0 Å². The molecule has 2 saturated carbocycles. The fraction of sp³-hybridized carbons (Fsp3) is 0.417. The summed E-state index contributed by atoms with van der Waals surface area (Å²) in [5.41, 5.74) is 1.34. The Hall–Kier alpha value is -2.82. The molecule has 29 heavy (non-hydrogen) atoms. The van der Waals surface area contributed by atoms with Crippen LogP contribution in [0.2, 0.25) is 0 Å². The summed E-state index contributed by atoms with van der Waals surface area (Å²) in [6.45, 7) is 0.608. The number of nitrogens with one attached hydrogen (secondary N) is 1. The lowest BCUT2D eigenvalue weighted by molar-refractivity contribution is -0.124. The highest BCUT2D eigenvalue weighted by molar-refractivity contribution is 6.00. The molecule has 0 saturated heterocycles. The maximum Gasteiger partial charge on any atom is 0.223 e. The largest absolute Gasteiger partial charge is 0.497 e. The van der Waals surface area contributed by atoms with Crippen LogP contribution < -0.4 is 14.8 Å². The summed E-state index contributed by atoms with van der Waals surface area (Å²) in [6.07, 6.45) is 2.99. The lowest BCUT2D eigenvalue weighted by Crippen LogP contribution is -2.44. The zero-order valence-corrected chi connectivity index (χ0v) is 16.5. The molecule has 1 N–H and O–H groups in total. The maximum absolute atomic E-state index is 12.8. The van der Waals surface area contributed by atoms with Gasteiger partial charge in [-0.15, -0.1) is 0 Å². The van der Waals surface area contributed by atoms with Gasteiger partial charge in [0.05, 0.1) is 19.1 Å². The third kappa shape index (κ3) is 3.09. The molecule has 2 aliphatic carbocycles. The summed E-state index contributed by atoms with van der Waals surface area (Å²) in [7, 11) is 1.65. The van der Waals surface area contributed by atoms with E-state index in [1.807, 2.05) is 48.5 Å². The molecule has 0 radical (unpaired) electrons. The Balaban J connectivity index is 1.21. The number of para-hydroxylation sites is 1. The number of amides is 1. The summed E-state index contributed by atoms with van der Waals surface area (Å²) < 4.78 is 11.5. The van der Waals surface area contributed by atoms with E-state index in [4.69, 9.17) is 9.47 Å². The minimum atomic E-state index is -0.492. The molecule has 1 heterocycles. The van der Waals surface area contributed by atoms with Gasteiger partial charge in [-0.3, -0.25) is 9.59 Å². The second-order valence-electron chi connectivity index (χ2n) is 8.41. The van der Waals surface area contributed by atoms with Crippen LogP contribution in [0.15, 0.2) is 48.5 Å². The van der Waals surface area contributed by atoms with Crippen molar-refractivity contribution in [3.63, 3.8) is 0 Å². The van der Waals surface area contributed by atoms with E-state index in [9.17, 15) is 9.59 Å². The first-order chi connectivity index (χ1) is 14.1. The molecular formula is C24H25NO4. The molecule has 2 aromatic carbocycles. The average Bonchev–Trinajstić information content (AvgIpc) is 3.39. The normalized spacial score (nSPS) is 29.0. The fourth-order valence-corrected chi connectivity index (χ4v) is 5.36. The minimum Gasteiger partial charge on any atom is -0.497 e. The molecular weight excluding hydrogens is 366 g/mol. The summed E-state index contributed by atoms with van der Waals surface area (Å²) in [4.78, 5) is 25.5. The first kappa shape index (κ1) is 18.2. The molecule has 2 aromatic rings.